The van der Waals surface area contributed by atoms with Gasteiger partial charge in [-0.2, -0.15) is 0 Å². The molecule has 6 nitrogen and oxygen atoms in total. The molecule has 6 heteroatoms. The fraction of sp³-hybridized carbons (Fsp3) is 0.105. The highest BCUT2D eigenvalue weighted by Gasteiger charge is 2.11. The minimum atomic E-state index is -1.07. The summed E-state index contributed by atoms with van der Waals surface area (Å²) in [5.74, 6) is -0.835. The maximum absolute atomic E-state index is 12.1. The van der Waals surface area contributed by atoms with Gasteiger partial charge in [0, 0.05) is 11.8 Å². The highest BCUT2D eigenvalue weighted by atomic mass is 16.4. The Morgan fingerprint density at radius 3 is 2.68 bits per heavy atom. The summed E-state index contributed by atoms with van der Waals surface area (Å²) in [6, 6.07) is 15.7. The van der Waals surface area contributed by atoms with E-state index in [1.807, 2.05) is 24.3 Å². The summed E-state index contributed by atoms with van der Waals surface area (Å²) in [7, 11) is 0. The number of hydrogen-bond donors (Lipinski definition) is 3. The summed E-state index contributed by atoms with van der Waals surface area (Å²) < 4.78 is 0. The number of anilines is 2. The first kappa shape index (κ1) is 16.4. The predicted octanol–water partition coefficient (Wildman–Crippen LogP) is 3.09. The van der Waals surface area contributed by atoms with Crippen molar-refractivity contribution < 1.29 is 14.7 Å². The molecule has 0 aliphatic rings. The molecule has 0 saturated heterocycles. The number of benzene rings is 2. The molecule has 25 heavy (non-hydrogen) atoms. The van der Waals surface area contributed by atoms with Crippen molar-refractivity contribution in [1.82, 2.24) is 4.98 Å². The second-order valence-corrected chi connectivity index (χ2v) is 5.66. The number of aromatic carboxylic acids is 1. The smallest absolute Gasteiger partial charge is 0.337 e. The molecule has 1 amide bonds. The summed E-state index contributed by atoms with van der Waals surface area (Å²) in [5, 5.41) is 12.8. The quantitative estimate of drug-likeness (QED) is 0.664. The van der Waals surface area contributed by atoms with E-state index >= 15 is 0 Å². The minimum Gasteiger partial charge on any atom is -0.478 e. The Balaban J connectivity index is 1.66. The number of amides is 1. The normalized spacial score (nSPS) is 10.6. The number of nitrogens with zero attached hydrogens (tertiary/aromatic N) is 1. The number of rotatable bonds is 5. The number of aryl methyl sites for hydroxylation is 1. The van der Waals surface area contributed by atoms with Crippen LogP contribution < -0.4 is 11.1 Å². The van der Waals surface area contributed by atoms with Crippen LogP contribution in [0.4, 0.5) is 11.5 Å². The Labute approximate surface area is 144 Å². The third kappa shape index (κ3) is 3.92. The lowest BCUT2D eigenvalue weighted by molar-refractivity contribution is -0.116. The van der Waals surface area contributed by atoms with Gasteiger partial charge in [-0.1, -0.05) is 18.2 Å². The molecule has 0 bridgehead atoms. The van der Waals surface area contributed by atoms with Crippen LogP contribution in [-0.2, 0) is 11.2 Å². The largest absolute Gasteiger partial charge is 0.478 e. The number of carbonyl (C=O) groups excluding carboxylic acids is 1. The molecule has 3 rings (SSSR count). The van der Waals surface area contributed by atoms with Crippen molar-refractivity contribution in [1.29, 1.82) is 0 Å². The molecule has 126 valence electrons. The van der Waals surface area contributed by atoms with E-state index in [0.29, 0.717) is 17.9 Å². The number of nitrogen functional groups attached to an aromatic ring is 1. The Kier molecular flexibility index (Phi) is 4.61. The zero-order valence-electron chi connectivity index (χ0n) is 13.4. The van der Waals surface area contributed by atoms with Crippen LogP contribution in [0.5, 0.6) is 0 Å². The molecule has 3 aromatic rings. The monoisotopic (exact) mass is 335 g/mol. The summed E-state index contributed by atoms with van der Waals surface area (Å²) in [6.45, 7) is 0. The van der Waals surface area contributed by atoms with Crippen LogP contribution in [0.2, 0.25) is 0 Å². The van der Waals surface area contributed by atoms with Crippen molar-refractivity contribution in [2.24, 2.45) is 0 Å². The molecule has 2 aromatic carbocycles. The van der Waals surface area contributed by atoms with E-state index in [0.717, 1.165) is 16.5 Å². The first-order valence-electron chi connectivity index (χ1n) is 7.80. The van der Waals surface area contributed by atoms with Gasteiger partial charge in [-0.15, -0.1) is 0 Å². The van der Waals surface area contributed by atoms with Crippen LogP contribution in [0, 0.1) is 0 Å². The van der Waals surface area contributed by atoms with Crippen LogP contribution in [0.3, 0.4) is 0 Å². The lowest BCUT2D eigenvalue weighted by Crippen LogP contribution is -2.15. The number of carboxylic acid groups (broad SMARTS) is 1. The molecule has 0 aliphatic heterocycles. The van der Waals surface area contributed by atoms with E-state index in [1.165, 1.54) is 6.07 Å². The second kappa shape index (κ2) is 7.00. The molecule has 4 N–H and O–H groups in total. The van der Waals surface area contributed by atoms with Gasteiger partial charge < -0.3 is 16.2 Å². The van der Waals surface area contributed by atoms with E-state index in [4.69, 9.17) is 10.8 Å². The zero-order valence-corrected chi connectivity index (χ0v) is 13.4. The summed E-state index contributed by atoms with van der Waals surface area (Å²) in [4.78, 5) is 27.5. The van der Waals surface area contributed by atoms with Gasteiger partial charge in [-0.3, -0.25) is 4.79 Å². The van der Waals surface area contributed by atoms with E-state index in [1.54, 1.807) is 24.3 Å². The highest BCUT2D eigenvalue weighted by Crippen LogP contribution is 2.18. The number of carbonyl (C=O) groups is 2. The summed E-state index contributed by atoms with van der Waals surface area (Å²) in [5.41, 5.74) is 7.85. The van der Waals surface area contributed by atoms with Crippen LogP contribution in [0.1, 0.15) is 22.3 Å². The van der Waals surface area contributed by atoms with E-state index < -0.39 is 5.97 Å². The van der Waals surface area contributed by atoms with Gasteiger partial charge in [0.15, 0.2) is 0 Å². The Bertz CT molecular complexity index is 954. The average molecular weight is 335 g/mol. The van der Waals surface area contributed by atoms with Gasteiger partial charge in [-0.25, -0.2) is 9.78 Å². The molecule has 0 saturated carbocycles. The van der Waals surface area contributed by atoms with Crippen LogP contribution in [0.25, 0.3) is 10.9 Å². The van der Waals surface area contributed by atoms with Crippen molar-refractivity contribution >= 4 is 34.3 Å². The number of hydrogen-bond acceptors (Lipinski definition) is 4. The average Bonchev–Trinajstić information content (AvgIpc) is 2.60. The standard InChI is InChI=1S/C19H17N3O3/c20-17-9-7-13-11-12(5-8-15(13)21-17)6-10-18(23)22-16-4-2-1-3-14(16)19(24)25/h1-5,7-9,11H,6,10H2,(H2,20,21)(H,22,23)(H,24,25). The van der Waals surface area contributed by atoms with Crippen molar-refractivity contribution in [2.45, 2.75) is 12.8 Å². The third-order valence-electron chi connectivity index (χ3n) is 3.85. The molecule has 1 aromatic heterocycles. The van der Waals surface area contributed by atoms with Crippen molar-refractivity contribution in [2.75, 3.05) is 11.1 Å². The van der Waals surface area contributed by atoms with Gasteiger partial charge in [0.25, 0.3) is 0 Å². The molecule has 0 fully saturated rings. The lowest BCUT2D eigenvalue weighted by atomic mass is 10.1. The van der Waals surface area contributed by atoms with Crippen molar-refractivity contribution in [3.8, 4) is 0 Å². The number of nitrogens with one attached hydrogen (secondary N) is 1. The van der Waals surface area contributed by atoms with Crippen LogP contribution in [0.15, 0.2) is 54.6 Å². The fourth-order valence-electron chi connectivity index (χ4n) is 2.60. The van der Waals surface area contributed by atoms with Gasteiger partial charge in [0.2, 0.25) is 5.91 Å². The Morgan fingerprint density at radius 2 is 1.88 bits per heavy atom. The molecule has 0 radical (unpaired) electrons. The molecule has 0 unspecified atom stereocenters. The lowest BCUT2D eigenvalue weighted by Gasteiger charge is -2.08. The van der Waals surface area contributed by atoms with E-state index in [2.05, 4.69) is 10.3 Å². The maximum Gasteiger partial charge on any atom is 0.337 e. The van der Waals surface area contributed by atoms with Gasteiger partial charge in [-0.05, 0) is 48.4 Å². The maximum atomic E-state index is 12.1. The van der Waals surface area contributed by atoms with Gasteiger partial charge in [0.05, 0.1) is 16.8 Å². The van der Waals surface area contributed by atoms with Crippen LogP contribution in [-0.4, -0.2) is 22.0 Å². The number of aromatic nitrogens is 1. The fourth-order valence-corrected chi connectivity index (χ4v) is 2.60. The van der Waals surface area contributed by atoms with E-state index in [-0.39, 0.29) is 17.9 Å². The molecule has 0 atom stereocenters. The first-order chi connectivity index (χ1) is 12.0. The van der Waals surface area contributed by atoms with E-state index in [9.17, 15) is 9.59 Å². The topological polar surface area (TPSA) is 105 Å². The first-order valence-corrected chi connectivity index (χ1v) is 7.80. The zero-order chi connectivity index (χ0) is 17.8. The molecular weight excluding hydrogens is 318 g/mol. The van der Waals surface area contributed by atoms with Gasteiger partial charge in [0.1, 0.15) is 5.82 Å². The number of carboxylic acids is 1. The summed E-state index contributed by atoms with van der Waals surface area (Å²) in [6.07, 6.45) is 0.795. The molecule has 0 aliphatic carbocycles. The Hall–Kier alpha value is -3.41. The third-order valence-corrected chi connectivity index (χ3v) is 3.85. The second-order valence-electron chi connectivity index (χ2n) is 5.66. The molecule has 0 spiro atoms. The summed E-state index contributed by atoms with van der Waals surface area (Å²) >= 11 is 0. The molecular formula is C19H17N3O3. The predicted molar refractivity (Wildman–Crippen MR) is 96.5 cm³/mol. The minimum absolute atomic E-state index is 0.0743. The number of nitrogens with two attached hydrogens (primary N) is 1. The van der Waals surface area contributed by atoms with Crippen LogP contribution >= 0.6 is 0 Å². The van der Waals surface area contributed by atoms with Crippen molar-refractivity contribution in [3.63, 3.8) is 0 Å². The highest BCUT2D eigenvalue weighted by molar-refractivity contribution is 6.00. The molecule has 1 heterocycles. The number of pyridine rings is 1. The Morgan fingerprint density at radius 1 is 1.08 bits per heavy atom. The van der Waals surface area contributed by atoms with Gasteiger partial charge >= 0.3 is 5.97 Å². The number of fused-ring (bicyclic) bond motifs is 1. The van der Waals surface area contributed by atoms with Crippen molar-refractivity contribution in [3.05, 3.63) is 65.7 Å². The SMILES string of the molecule is Nc1ccc2cc(CCC(=O)Nc3ccccc3C(=O)O)ccc2n1. The number of para-hydroxylation sites is 1.